The molecule has 0 fully saturated rings. The highest BCUT2D eigenvalue weighted by atomic mass is 35.5. The van der Waals surface area contributed by atoms with Crippen LogP contribution >= 0.6 is 11.6 Å². The van der Waals surface area contributed by atoms with Crippen LogP contribution in [0, 0.1) is 11.7 Å². The summed E-state index contributed by atoms with van der Waals surface area (Å²) in [7, 11) is 0. The zero-order valence-electron chi connectivity index (χ0n) is 12.2. The van der Waals surface area contributed by atoms with Crippen LogP contribution in [-0.4, -0.2) is 12.6 Å². The average molecular weight is 286 g/mol. The molecule has 0 bridgehead atoms. The van der Waals surface area contributed by atoms with Crippen LogP contribution < -0.4 is 5.32 Å². The van der Waals surface area contributed by atoms with Crippen LogP contribution in [-0.2, 0) is 6.42 Å². The largest absolute Gasteiger partial charge is 0.314 e. The van der Waals surface area contributed by atoms with E-state index in [2.05, 4.69) is 26.1 Å². The normalized spacial score (nSPS) is 12.9. The van der Waals surface area contributed by atoms with Crippen LogP contribution in [0.5, 0.6) is 0 Å². The van der Waals surface area contributed by atoms with Crippen molar-refractivity contribution in [3.8, 4) is 0 Å². The fraction of sp³-hybridized carbons (Fsp3) is 0.625. The van der Waals surface area contributed by atoms with Gasteiger partial charge >= 0.3 is 0 Å². The van der Waals surface area contributed by atoms with Crippen LogP contribution in [0.2, 0.25) is 5.02 Å². The summed E-state index contributed by atoms with van der Waals surface area (Å²) in [5.41, 5.74) is 0.722. The molecule has 0 heterocycles. The molecule has 1 unspecified atom stereocenters. The number of hydrogen-bond acceptors (Lipinski definition) is 1. The maximum Gasteiger partial charge on any atom is 0.126 e. The maximum absolute atomic E-state index is 13.7. The first kappa shape index (κ1) is 16.5. The Bertz CT molecular complexity index is 379. The van der Waals surface area contributed by atoms with Gasteiger partial charge in [0.1, 0.15) is 5.82 Å². The molecule has 0 aliphatic rings. The van der Waals surface area contributed by atoms with Crippen LogP contribution in [0.4, 0.5) is 4.39 Å². The minimum absolute atomic E-state index is 0.150. The lowest BCUT2D eigenvalue weighted by atomic mass is 9.97. The minimum Gasteiger partial charge on any atom is -0.314 e. The SMILES string of the molecule is CCCNC(CCc1cc(Cl)ccc1F)CC(C)C. The lowest BCUT2D eigenvalue weighted by Crippen LogP contribution is -2.31. The fourth-order valence-corrected chi connectivity index (χ4v) is 2.48. The standard InChI is InChI=1S/C16H25ClFN/c1-4-9-19-15(10-12(2)3)7-5-13-11-14(17)6-8-16(13)18/h6,8,11-12,15,19H,4-5,7,9-10H2,1-3H3. The summed E-state index contributed by atoms with van der Waals surface area (Å²) in [6.07, 6.45) is 3.94. The molecule has 108 valence electrons. The Hall–Kier alpha value is -0.600. The molecule has 1 rings (SSSR count). The molecular weight excluding hydrogens is 261 g/mol. The second-order valence-electron chi connectivity index (χ2n) is 5.56. The number of hydrogen-bond donors (Lipinski definition) is 1. The van der Waals surface area contributed by atoms with Gasteiger partial charge in [-0.1, -0.05) is 32.4 Å². The molecule has 3 heteroatoms. The van der Waals surface area contributed by atoms with Crippen molar-refractivity contribution in [1.29, 1.82) is 0 Å². The van der Waals surface area contributed by atoms with Crippen LogP contribution in [0.1, 0.15) is 45.6 Å². The number of benzene rings is 1. The van der Waals surface area contributed by atoms with E-state index in [0.29, 0.717) is 17.0 Å². The first-order valence-corrected chi connectivity index (χ1v) is 7.58. The molecule has 0 spiro atoms. The van der Waals surface area contributed by atoms with E-state index < -0.39 is 0 Å². The summed E-state index contributed by atoms with van der Waals surface area (Å²) in [5.74, 6) is 0.502. The van der Waals surface area contributed by atoms with Gasteiger partial charge in [-0.05, 0) is 61.9 Å². The summed E-state index contributed by atoms with van der Waals surface area (Å²) in [6, 6.07) is 5.25. The molecule has 0 aliphatic carbocycles. The van der Waals surface area contributed by atoms with Crippen LogP contribution in [0.15, 0.2) is 18.2 Å². The van der Waals surface area contributed by atoms with Crippen molar-refractivity contribution in [1.82, 2.24) is 5.32 Å². The highest BCUT2D eigenvalue weighted by Crippen LogP contribution is 2.18. The Kier molecular flexibility index (Phi) is 7.40. The molecule has 1 aromatic carbocycles. The summed E-state index contributed by atoms with van der Waals surface area (Å²) >= 11 is 5.92. The maximum atomic E-state index is 13.7. The molecule has 0 aliphatic heterocycles. The number of rotatable bonds is 8. The van der Waals surface area contributed by atoms with Gasteiger partial charge in [0.05, 0.1) is 0 Å². The molecule has 0 amide bonds. The Labute approximate surface area is 121 Å². The Balaban J connectivity index is 2.56. The van der Waals surface area contributed by atoms with E-state index in [0.717, 1.165) is 37.8 Å². The van der Waals surface area contributed by atoms with Crippen LogP contribution in [0.3, 0.4) is 0 Å². The summed E-state index contributed by atoms with van der Waals surface area (Å²) in [5, 5.41) is 4.16. The molecule has 0 radical (unpaired) electrons. The van der Waals surface area contributed by atoms with E-state index in [-0.39, 0.29) is 5.82 Å². The average Bonchev–Trinajstić information content (AvgIpc) is 2.36. The second kappa shape index (κ2) is 8.55. The van der Waals surface area contributed by atoms with Gasteiger partial charge < -0.3 is 5.32 Å². The summed E-state index contributed by atoms with van der Waals surface area (Å²) in [4.78, 5) is 0. The van der Waals surface area contributed by atoms with E-state index in [4.69, 9.17) is 11.6 Å². The predicted molar refractivity (Wildman–Crippen MR) is 81.3 cm³/mol. The number of aryl methyl sites for hydroxylation is 1. The predicted octanol–water partition coefficient (Wildman–Crippen LogP) is 4.83. The quantitative estimate of drug-likeness (QED) is 0.722. The third-order valence-corrected chi connectivity index (χ3v) is 3.44. The van der Waals surface area contributed by atoms with Gasteiger partial charge in [0.25, 0.3) is 0 Å². The smallest absolute Gasteiger partial charge is 0.126 e. The van der Waals surface area contributed by atoms with Gasteiger partial charge in [-0.3, -0.25) is 0 Å². The van der Waals surface area contributed by atoms with Crippen molar-refractivity contribution in [2.24, 2.45) is 5.92 Å². The number of halogens is 2. The van der Waals surface area contributed by atoms with Crippen molar-refractivity contribution >= 4 is 11.6 Å². The van der Waals surface area contributed by atoms with Gasteiger partial charge in [0.15, 0.2) is 0 Å². The Morgan fingerprint density at radius 2 is 2.05 bits per heavy atom. The van der Waals surface area contributed by atoms with Crippen molar-refractivity contribution in [2.45, 2.75) is 52.5 Å². The van der Waals surface area contributed by atoms with Gasteiger partial charge in [-0.2, -0.15) is 0 Å². The third kappa shape index (κ3) is 6.40. The highest BCUT2D eigenvalue weighted by Gasteiger charge is 2.12. The van der Waals surface area contributed by atoms with Crippen molar-refractivity contribution < 1.29 is 4.39 Å². The molecule has 1 nitrogen and oxygen atoms in total. The van der Waals surface area contributed by atoms with E-state index in [9.17, 15) is 4.39 Å². The van der Waals surface area contributed by atoms with E-state index in [1.165, 1.54) is 6.07 Å². The molecule has 1 N–H and O–H groups in total. The second-order valence-corrected chi connectivity index (χ2v) is 5.99. The lowest BCUT2D eigenvalue weighted by molar-refractivity contribution is 0.397. The molecule has 1 atom stereocenters. The van der Waals surface area contributed by atoms with Gasteiger partial charge in [0.2, 0.25) is 0 Å². The zero-order valence-corrected chi connectivity index (χ0v) is 12.9. The highest BCUT2D eigenvalue weighted by molar-refractivity contribution is 6.30. The zero-order chi connectivity index (χ0) is 14.3. The third-order valence-electron chi connectivity index (χ3n) is 3.21. The molecule has 1 aromatic rings. The monoisotopic (exact) mass is 285 g/mol. The van der Waals surface area contributed by atoms with Crippen LogP contribution in [0.25, 0.3) is 0 Å². The number of nitrogens with one attached hydrogen (secondary N) is 1. The van der Waals surface area contributed by atoms with Crippen molar-refractivity contribution in [3.63, 3.8) is 0 Å². The Morgan fingerprint density at radius 3 is 2.68 bits per heavy atom. The first-order chi connectivity index (χ1) is 9.02. The topological polar surface area (TPSA) is 12.0 Å². The first-order valence-electron chi connectivity index (χ1n) is 7.20. The van der Waals surface area contributed by atoms with E-state index in [1.54, 1.807) is 12.1 Å². The molecule has 19 heavy (non-hydrogen) atoms. The Morgan fingerprint density at radius 1 is 1.32 bits per heavy atom. The minimum atomic E-state index is -0.150. The fourth-order valence-electron chi connectivity index (χ4n) is 2.29. The van der Waals surface area contributed by atoms with E-state index >= 15 is 0 Å². The van der Waals surface area contributed by atoms with Gasteiger partial charge in [-0.15, -0.1) is 0 Å². The van der Waals surface area contributed by atoms with Gasteiger partial charge in [0, 0.05) is 11.1 Å². The molecular formula is C16H25ClFN. The van der Waals surface area contributed by atoms with Crippen molar-refractivity contribution in [3.05, 3.63) is 34.6 Å². The molecule has 0 saturated heterocycles. The molecule has 0 aromatic heterocycles. The van der Waals surface area contributed by atoms with Gasteiger partial charge in [-0.25, -0.2) is 4.39 Å². The lowest BCUT2D eigenvalue weighted by Gasteiger charge is -2.20. The van der Waals surface area contributed by atoms with Crippen molar-refractivity contribution in [2.75, 3.05) is 6.54 Å². The van der Waals surface area contributed by atoms with E-state index in [1.807, 2.05) is 0 Å². The summed E-state index contributed by atoms with van der Waals surface area (Å²) < 4.78 is 13.7. The summed E-state index contributed by atoms with van der Waals surface area (Å²) in [6.45, 7) is 7.63. The molecule has 0 saturated carbocycles.